The van der Waals surface area contributed by atoms with Crippen molar-refractivity contribution in [3.63, 3.8) is 0 Å². The Kier molecular flexibility index (Phi) is 7.11. The average molecular weight is 364 g/mol. The first-order valence-corrected chi connectivity index (χ1v) is 7.49. The van der Waals surface area contributed by atoms with Crippen molar-refractivity contribution < 1.29 is 29.4 Å². The lowest BCUT2D eigenvalue weighted by Crippen LogP contribution is -2.64. The third-order valence-corrected chi connectivity index (χ3v) is 3.94. The summed E-state index contributed by atoms with van der Waals surface area (Å²) in [6.07, 6.45) is 0.523. The van der Waals surface area contributed by atoms with Gasteiger partial charge in [-0.3, -0.25) is 9.59 Å². The van der Waals surface area contributed by atoms with Crippen LogP contribution in [-0.2, 0) is 19.2 Å². The van der Waals surface area contributed by atoms with Gasteiger partial charge in [0.1, 0.15) is 6.29 Å². The molecule has 3 unspecified atom stereocenters. The van der Waals surface area contributed by atoms with Crippen molar-refractivity contribution in [3.05, 3.63) is 35.4 Å². The molecule has 0 saturated heterocycles. The van der Waals surface area contributed by atoms with Crippen molar-refractivity contribution in [2.45, 2.75) is 30.3 Å². The van der Waals surface area contributed by atoms with Gasteiger partial charge in [0.15, 0.2) is 11.3 Å². The zero-order valence-electron chi connectivity index (χ0n) is 13.7. The number of benzene rings is 1. The SMILES string of the molecule is NN=Cc1ccc(C(CC(=O)O)C(N)(C(=O)O)C(=O)C(N)CC=O)cc1. The van der Waals surface area contributed by atoms with Gasteiger partial charge < -0.3 is 32.3 Å². The predicted octanol–water partition coefficient (Wildman–Crippen LogP) is -1.19. The number of nitrogens with two attached hydrogens (primary N) is 3. The third-order valence-electron chi connectivity index (χ3n) is 3.94. The summed E-state index contributed by atoms with van der Waals surface area (Å²) in [6, 6.07) is 4.41. The number of carbonyl (C=O) groups excluding carboxylic acids is 2. The van der Waals surface area contributed by atoms with Crippen molar-refractivity contribution in [3.8, 4) is 0 Å². The highest BCUT2D eigenvalue weighted by atomic mass is 16.4. The molecule has 0 amide bonds. The monoisotopic (exact) mass is 364 g/mol. The van der Waals surface area contributed by atoms with Gasteiger partial charge in [0.2, 0.25) is 0 Å². The maximum atomic E-state index is 12.5. The fraction of sp³-hybridized carbons (Fsp3) is 0.312. The van der Waals surface area contributed by atoms with E-state index in [1.165, 1.54) is 30.5 Å². The van der Waals surface area contributed by atoms with Crippen LogP contribution in [0.1, 0.15) is 29.9 Å². The molecule has 8 N–H and O–H groups in total. The van der Waals surface area contributed by atoms with Crippen LogP contribution in [0.5, 0.6) is 0 Å². The van der Waals surface area contributed by atoms with E-state index in [4.69, 9.17) is 22.4 Å². The minimum absolute atomic E-state index is 0.207. The first-order valence-electron chi connectivity index (χ1n) is 7.49. The Morgan fingerprint density at radius 3 is 2.19 bits per heavy atom. The summed E-state index contributed by atoms with van der Waals surface area (Å²) in [4.78, 5) is 46.2. The number of hydrogen-bond donors (Lipinski definition) is 5. The zero-order chi connectivity index (χ0) is 19.9. The predicted molar refractivity (Wildman–Crippen MR) is 91.4 cm³/mol. The van der Waals surface area contributed by atoms with Crippen LogP contribution in [-0.4, -0.2) is 52.0 Å². The number of carboxylic acid groups (broad SMARTS) is 2. The molecule has 140 valence electrons. The average Bonchev–Trinajstić information content (AvgIpc) is 2.59. The first kappa shape index (κ1) is 20.9. The number of aldehydes is 1. The molecule has 0 aromatic heterocycles. The Morgan fingerprint density at radius 1 is 1.19 bits per heavy atom. The molecule has 0 radical (unpaired) electrons. The molecule has 3 atom stereocenters. The van der Waals surface area contributed by atoms with E-state index in [-0.39, 0.29) is 5.56 Å². The van der Waals surface area contributed by atoms with Crippen molar-refractivity contribution in [1.82, 2.24) is 0 Å². The summed E-state index contributed by atoms with van der Waals surface area (Å²) in [5.41, 5.74) is 9.60. The van der Waals surface area contributed by atoms with E-state index in [0.29, 0.717) is 11.8 Å². The molecular formula is C16H20N4O6. The summed E-state index contributed by atoms with van der Waals surface area (Å²) in [7, 11) is 0. The molecule has 10 nitrogen and oxygen atoms in total. The molecule has 0 heterocycles. The number of ketones is 1. The van der Waals surface area contributed by atoms with Crippen LogP contribution in [0.25, 0.3) is 0 Å². The number of carboxylic acids is 2. The van der Waals surface area contributed by atoms with Crippen molar-refractivity contribution in [2.24, 2.45) is 22.4 Å². The quantitative estimate of drug-likeness (QED) is 0.111. The third kappa shape index (κ3) is 4.49. The van der Waals surface area contributed by atoms with Gasteiger partial charge in [0.05, 0.1) is 18.7 Å². The number of Topliss-reactive ketones (excluding diaryl/α,β-unsaturated/α-hetero) is 1. The highest BCUT2D eigenvalue weighted by Gasteiger charge is 2.51. The Hall–Kier alpha value is -3.11. The summed E-state index contributed by atoms with van der Waals surface area (Å²) >= 11 is 0. The zero-order valence-corrected chi connectivity index (χ0v) is 13.7. The molecule has 10 heteroatoms. The van der Waals surface area contributed by atoms with Gasteiger partial charge in [-0.05, 0) is 11.1 Å². The molecule has 0 bridgehead atoms. The number of hydrogen-bond acceptors (Lipinski definition) is 8. The lowest BCUT2D eigenvalue weighted by molar-refractivity contribution is -0.151. The summed E-state index contributed by atoms with van der Waals surface area (Å²) in [6.45, 7) is 0. The molecule has 0 aliphatic heterocycles. The Labute approximate surface area is 148 Å². The molecule has 1 aromatic rings. The molecule has 1 rings (SSSR count). The first-order chi connectivity index (χ1) is 12.2. The maximum absolute atomic E-state index is 12.5. The van der Waals surface area contributed by atoms with Gasteiger partial charge in [0.25, 0.3) is 0 Å². The van der Waals surface area contributed by atoms with E-state index < -0.39 is 48.1 Å². The van der Waals surface area contributed by atoms with E-state index in [0.717, 1.165) is 0 Å². The minimum atomic E-state index is -2.62. The van der Waals surface area contributed by atoms with Gasteiger partial charge in [-0.25, -0.2) is 4.79 Å². The normalized spacial score (nSPS) is 15.8. The van der Waals surface area contributed by atoms with Gasteiger partial charge in [-0.1, -0.05) is 24.3 Å². The topological polar surface area (TPSA) is 199 Å². The summed E-state index contributed by atoms with van der Waals surface area (Å²) in [5, 5.41) is 22.1. The van der Waals surface area contributed by atoms with E-state index >= 15 is 0 Å². The lowest BCUT2D eigenvalue weighted by atomic mass is 9.73. The smallest absolute Gasteiger partial charge is 0.332 e. The molecule has 0 spiro atoms. The number of carbonyl (C=O) groups is 4. The fourth-order valence-corrected chi connectivity index (χ4v) is 2.56. The maximum Gasteiger partial charge on any atom is 0.332 e. The summed E-state index contributed by atoms with van der Waals surface area (Å²) in [5.74, 6) is -0.583. The second-order valence-electron chi connectivity index (χ2n) is 5.64. The van der Waals surface area contributed by atoms with Gasteiger partial charge in [-0.2, -0.15) is 5.10 Å². The fourth-order valence-electron chi connectivity index (χ4n) is 2.56. The molecule has 0 aliphatic carbocycles. The largest absolute Gasteiger partial charge is 0.481 e. The molecule has 0 aliphatic rings. The molecule has 1 aromatic carbocycles. The van der Waals surface area contributed by atoms with Crippen LogP contribution in [0.4, 0.5) is 0 Å². The van der Waals surface area contributed by atoms with Crippen LogP contribution >= 0.6 is 0 Å². The van der Waals surface area contributed by atoms with Crippen LogP contribution < -0.4 is 17.3 Å². The lowest BCUT2D eigenvalue weighted by Gasteiger charge is -2.33. The number of aliphatic carboxylic acids is 2. The minimum Gasteiger partial charge on any atom is -0.481 e. The van der Waals surface area contributed by atoms with E-state index in [1.807, 2.05) is 0 Å². The van der Waals surface area contributed by atoms with Crippen LogP contribution in [0.15, 0.2) is 29.4 Å². The van der Waals surface area contributed by atoms with Crippen LogP contribution in [0.3, 0.4) is 0 Å². The van der Waals surface area contributed by atoms with Crippen molar-refractivity contribution in [2.75, 3.05) is 0 Å². The highest BCUT2D eigenvalue weighted by molar-refractivity contribution is 6.11. The van der Waals surface area contributed by atoms with Crippen LogP contribution in [0.2, 0.25) is 0 Å². The van der Waals surface area contributed by atoms with E-state index in [2.05, 4.69) is 5.10 Å². The van der Waals surface area contributed by atoms with Crippen LogP contribution in [0, 0.1) is 0 Å². The van der Waals surface area contributed by atoms with E-state index in [1.54, 1.807) is 0 Å². The molecule has 26 heavy (non-hydrogen) atoms. The summed E-state index contributed by atoms with van der Waals surface area (Å²) < 4.78 is 0. The Morgan fingerprint density at radius 2 is 1.77 bits per heavy atom. The van der Waals surface area contributed by atoms with E-state index in [9.17, 15) is 24.3 Å². The number of hydrazone groups is 1. The Balaban J connectivity index is 3.45. The Bertz CT molecular complexity index is 718. The molecular weight excluding hydrogens is 344 g/mol. The van der Waals surface area contributed by atoms with Crippen molar-refractivity contribution >= 4 is 30.2 Å². The van der Waals surface area contributed by atoms with Crippen molar-refractivity contribution in [1.29, 1.82) is 0 Å². The second-order valence-corrected chi connectivity index (χ2v) is 5.64. The van der Waals surface area contributed by atoms with Gasteiger partial charge in [-0.15, -0.1) is 0 Å². The van der Waals surface area contributed by atoms with Gasteiger partial charge in [0, 0.05) is 12.3 Å². The number of rotatable bonds is 10. The standard InChI is InChI=1S/C16H20N4O6/c17-12(5-6-21)14(24)16(18,15(25)26)11(7-13(22)23)10-3-1-9(2-4-10)8-20-19/h1-4,6,8,11-12H,5,7,17-19H2,(H,22,23)(H,25,26). The second kappa shape index (κ2) is 8.83. The highest BCUT2D eigenvalue weighted by Crippen LogP contribution is 2.32. The molecule has 0 fully saturated rings. The van der Waals surface area contributed by atoms with Gasteiger partial charge >= 0.3 is 11.9 Å². The number of nitrogens with zero attached hydrogens (tertiary/aromatic N) is 1. The molecule has 0 saturated carbocycles.